The van der Waals surface area contributed by atoms with Crippen molar-refractivity contribution < 1.29 is 17.6 Å². The van der Waals surface area contributed by atoms with Gasteiger partial charge in [-0.05, 0) is 54.8 Å². The first-order valence-electron chi connectivity index (χ1n) is 10.5. The van der Waals surface area contributed by atoms with Crippen molar-refractivity contribution in [3.05, 3.63) is 88.4 Å². The number of nitrogens with one attached hydrogen (secondary N) is 1. The van der Waals surface area contributed by atoms with Crippen molar-refractivity contribution in [2.24, 2.45) is 5.92 Å². The van der Waals surface area contributed by atoms with E-state index in [0.717, 1.165) is 24.2 Å². The number of benzene rings is 1. The zero-order valence-electron chi connectivity index (χ0n) is 17.5. The number of anilines is 1. The Morgan fingerprint density at radius 1 is 1.09 bits per heavy atom. The van der Waals surface area contributed by atoms with E-state index in [2.05, 4.69) is 9.71 Å². The Balaban J connectivity index is 1.41. The maximum Gasteiger partial charge on any atom is 0.275 e. The van der Waals surface area contributed by atoms with Crippen LogP contribution in [0.25, 0.3) is 0 Å². The van der Waals surface area contributed by atoms with Crippen LogP contribution in [0.5, 0.6) is 0 Å². The van der Waals surface area contributed by atoms with Crippen LogP contribution in [0.4, 0.5) is 10.1 Å². The molecule has 1 amide bonds. The number of aromatic nitrogens is 2. The summed E-state index contributed by atoms with van der Waals surface area (Å²) < 4.78 is 42.7. The zero-order valence-corrected chi connectivity index (χ0v) is 18.3. The molecule has 2 aliphatic rings. The molecule has 2 aliphatic heterocycles. The van der Waals surface area contributed by atoms with Gasteiger partial charge in [-0.15, -0.1) is 0 Å². The average Bonchev–Trinajstić information content (AvgIpc) is 2.81. The summed E-state index contributed by atoms with van der Waals surface area (Å²) in [5, 5.41) is 0. The molecule has 2 aromatic heterocycles. The molecule has 3 aromatic rings. The highest BCUT2D eigenvalue weighted by Crippen LogP contribution is 2.36. The second kappa shape index (κ2) is 8.11. The highest BCUT2D eigenvalue weighted by Gasteiger charge is 2.37. The smallest absolute Gasteiger partial charge is 0.275 e. The molecule has 4 heterocycles. The van der Waals surface area contributed by atoms with Gasteiger partial charge in [0.15, 0.2) is 0 Å². The molecule has 170 valence electrons. The Bertz CT molecular complexity index is 1390. The first kappa shape index (κ1) is 21.3. The van der Waals surface area contributed by atoms with E-state index < -0.39 is 21.4 Å². The molecule has 0 spiro atoms. The Morgan fingerprint density at radius 3 is 2.70 bits per heavy atom. The Morgan fingerprint density at radius 2 is 1.94 bits per heavy atom. The van der Waals surface area contributed by atoms with Crippen LogP contribution in [-0.4, -0.2) is 41.9 Å². The topological polar surface area (TPSA) is 101 Å². The SMILES string of the molecule is O=C(c1cccnc1)N1C[C@H]2C[C@H](C1)c1ccc(NS(=O)(=O)c3cccc(F)c3)c(=O)n1C2. The molecule has 0 unspecified atom stereocenters. The van der Waals surface area contributed by atoms with E-state index in [9.17, 15) is 22.4 Å². The number of carbonyl (C=O) groups excluding carboxylic acids is 1. The molecule has 0 aliphatic carbocycles. The maximum absolute atomic E-state index is 13.5. The Labute approximate surface area is 189 Å². The van der Waals surface area contributed by atoms with Gasteiger partial charge in [0.05, 0.1) is 10.5 Å². The molecule has 1 saturated heterocycles. The number of likely N-dealkylation sites (tertiary alicyclic amines) is 1. The number of halogens is 1. The van der Waals surface area contributed by atoms with Crippen LogP contribution in [0.2, 0.25) is 0 Å². The van der Waals surface area contributed by atoms with Gasteiger partial charge in [-0.3, -0.25) is 19.3 Å². The minimum atomic E-state index is -4.12. The molecular weight excluding hydrogens is 447 g/mol. The molecular formula is C23H21FN4O4S. The van der Waals surface area contributed by atoms with Crippen molar-refractivity contribution in [2.75, 3.05) is 17.8 Å². The average molecular weight is 469 g/mol. The quantitative estimate of drug-likeness (QED) is 0.634. The van der Waals surface area contributed by atoms with Gasteiger partial charge in [-0.2, -0.15) is 0 Å². The van der Waals surface area contributed by atoms with Crippen molar-refractivity contribution in [1.82, 2.24) is 14.5 Å². The van der Waals surface area contributed by atoms with E-state index in [0.29, 0.717) is 25.2 Å². The lowest BCUT2D eigenvalue weighted by Gasteiger charge is -2.42. The zero-order chi connectivity index (χ0) is 23.2. The lowest BCUT2D eigenvalue weighted by atomic mass is 9.83. The summed E-state index contributed by atoms with van der Waals surface area (Å²) >= 11 is 0. The van der Waals surface area contributed by atoms with Gasteiger partial charge in [-0.1, -0.05) is 6.07 Å². The molecule has 5 rings (SSSR count). The van der Waals surface area contributed by atoms with Crippen molar-refractivity contribution >= 4 is 21.6 Å². The maximum atomic E-state index is 13.5. The van der Waals surface area contributed by atoms with Gasteiger partial charge in [0.1, 0.15) is 11.5 Å². The fourth-order valence-electron chi connectivity index (χ4n) is 4.70. The fourth-order valence-corrected chi connectivity index (χ4v) is 5.79. The van der Waals surface area contributed by atoms with E-state index in [1.165, 1.54) is 18.2 Å². The second-order valence-corrected chi connectivity index (χ2v) is 10.1. The number of piperidine rings is 1. The fraction of sp³-hybridized carbons (Fsp3) is 0.261. The minimum absolute atomic E-state index is 0.0281. The summed E-state index contributed by atoms with van der Waals surface area (Å²) in [6.07, 6.45) is 4.01. The van der Waals surface area contributed by atoms with Gasteiger partial charge in [0.25, 0.3) is 21.5 Å². The molecule has 8 nitrogen and oxygen atoms in total. The van der Waals surface area contributed by atoms with Gasteiger partial charge >= 0.3 is 0 Å². The van der Waals surface area contributed by atoms with Crippen molar-refractivity contribution in [1.29, 1.82) is 0 Å². The third-order valence-corrected chi connectivity index (χ3v) is 7.51. The third-order valence-electron chi connectivity index (χ3n) is 6.15. The molecule has 0 radical (unpaired) electrons. The first-order chi connectivity index (χ1) is 15.8. The molecule has 33 heavy (non-hydrogen) atoms. The van der Waals surface area contributed by atoms with Crippen molar-refractivity contribution in [3.63, 3.8) is 0 Å². The summed E-state index contributed by atoms with van der Waals surface area (Å²) in [6, 6.07) is 11.2. The van der Waals surface area contributed by atoms with Crippen LogP contribution in [0.3, 0.4) is 0 Å². The summed E-state index contributed by atoms with van der Waals surface area (Å²) in [4.78, 5) is 31.6. The summed E-state index contributed by atoms with van der Waals surface area (Å²) in [5.41, 5.74) is 0.756. The summed E-state index contributed by atoms with van der Waals surface area (Å²) in [5.74, 6) is -0.726. The summed E-state index contributed by atoms with van der Waals surface area (Å²) in [7, 11) is -4.12. The molecule has 1 fully saturated rings. The Kier molecular flexibility index (Phi) is 5.24. The van der Waals surface area contributed by atoms with E-state index in [1.807, 2.05) is 0 Å². The van der Waals surface area contributed by atoms with E-state index in [1.54, 1.807) is 40.1 Å². The second-order valence-electron chi connectivity index (χ2n) is 8.40. The monoisotopic (exact) mass is 468 g/mol. The third kappa shape index (κ3) is 4.02. The number of hydrogen-bond donors (Lipinski definition) is 1. The van der Waals surface area contributed by atoms with Crippen LogP contribution < -0.4 is 10.3 Å². The van der Waals surface area contributed by atoms with E-state index >= 15 is 0 Å². The number of pyridine rings is 2. The minimum Gasteiger partial charge on any atom is -0.338 e. The molecule has 1 N–H and O–H groups in total. The normalized spacial score (nSPS) is 19.6. The molecule has 2 bridgehead atoms. The lowest BCUT2D eigenvalue weighted by molar-refractivity contribution is 0.0594. The van der Waals surface area contributed by atoms with E-state index in [4.69, 9.17) is 0 Å². The number of hydrogen-bond acceptors (Lipinski definition) is 5. The standard InChI is InChI=1S/C23H21FN4O4S/c24-18-4-1-5-19(10-18)33(31,32)26-20-6-7-21-17-9-15(13-28(21)23(20)30)12-27(14-17)22(29)16-3-2-8-25-11-16/h1-8,10-11,15,17,26H,9,12-14H2/t15-,17-/m1/s1. The largest absolute Gasteiger partial charge is 0.338 e. The number of rotatable bonds is 4. The molecule has 2 atom stereocenters. The lowest BCUT2D eigenvalue weighted by Crippen LogP contribution is -2.49. The molecule has 10 heteroatoms. The van der Waals surface area contributed by atoms with Gasteiger partial charge in [-0.25, -0.2) is 12.8 Å². The van der Waals surface area contributed by atoms with Gasteiger partial charge in [0, 0.05) is 43.6 Å². The van der Waals surface area contributed by atoms with Gasteiger partial charge in [0.2, 0.25) is 0 Å². The highest BCUT2D eigenvalue weighted by molar-refractivity contribution is 7.92. The number of carbonyl (C=O) groups is 1. The predicted octanol–water partition coefficient (Wildman–Crippen LogP) is 2.44. The van der Waals surface area contributed by atoms with Gasteiger partial charge < -0.3 is 9.47 Å². The summed E-state index contributed by atoms with van der Waals surface area (Å²) in [6.45, 7) is 1.37. The number of nitrogens with zero attached hydrogens (tertiary/aromatic N) is 3. The number of amides is 1. The van der Waals surface area contributed by atoms with E-state index in [-0.39, 0.29) is 28.3 Å². The first-order valence-corrected chi connectivity index (χ1v) is 12.0. The number of fused-ring (bicyclic) bond motifs is 4. The highest BCUT2D eigenvalue weighted by atomic mass is 32.2. The molecule has 0 saturated carbocycles. The Hall–Kier alpha value is -3.53. The number of sulfonamides is 1. The van der Waals surface area contributed by atoms with Crippen molar-refractivity contribution in [3.8, 4) is 0 Å². The van der Waals surface area contributed by atoms with Crippen molar-refractivity contribution in [2.45, 2.75) is 23.8 Å². The van der Waals surface area contributed by atoms with Crippen LogP contribution in [0.1, 0.15) is 28.4 Å². The van der Waals surface area contributed by atoms with Crippen LogP contribution in [0.15, 0.2) is 70.6 Å². The molecule has 1 aromatic carbocycles. The predicted molar refractivity (Wildman–Crippen MR) is 119 cm³/mol. The van der Waals surface area contributed by atoms with Crippen LogP contribution >= 0.6 is 0 Å². The van der Waals surface area contributed by atoms with Crippen LogP contribution in [0, 0.1) is 11.7 Å². The van der Waals surface area contributed by atoms with Crippen LogP contribution in [-0.2, 0) is 16.6 Å².